The molecule has 0 bridgehead atoms. The summed E-state index contributed by atoms with van der Waals surface area (Å²) in [7, 11) is 0. The zero-order valence-electron chi connectivity index (χ0n) is 6.66. The molecule has 2 N–H and O–H groups in total. The maximum absolute atomic E-state index is 10.6. The van der Waals surface area contributed by atoms with Gasteiger partial charge in [0.1, 0.15) is 0 Å². The van der Waals surface area contributed by atoms with Gasteiger partial charge in [0, 0.05) is 0 Å². The third-order valence-corrected chi connectivity index (χ3v) is 2.58. The second-order valence-electron chi connectivity index (χ2n) is 2.37. The van der Waals surface area contributed by atoms with E-state index in [4.69, 9.17) is 4.10 Å². The number of anilines is 1. The van der Waals surface area contributed by atoms with Crippen LogP contribution in [0.2, 0.25) is 0 Å². The van der Waals surface area contributed by atoms with E-state index in [1.807, 2.05) is 12.1 Å². The molecule has 0 radical (unpaired) electrons. The standard InChI is InChI=1S/C8H10AsNO2/c1-6(11)10-8-4-2-7(9-12)3-5-8/h2-5,9,12H,1H3,(H,10,11). The molecule has 12 heavy (non-hydrogen) atoms. The Morgan fingerprint density at radius 3 is 2.42 bits per heavy atom. The molecule has 1 aromatic carbocycles. The fraction of sp³-hybridized carbons (Fsp3) is 0.125. The molecule has 4 heteroatoms. The van der Waals surface area contributed by atoms with Crippen LogP contribution in [-0.2, 0) is 4.79 Å². The second kappa shape index (κ2) is 4.29. The Kier molecular flexibility index (Phi) is 3.32. The third kappa shape index (κ3) is 2.68. The number of nitrogens with one attached hydrogen (secondary N) is 1. The molecule has 0 aliphatic carbocycles. The quantitative estimate of drug-likeness (QED) is 0.676. The number of carbonyl (C=O) groups is 1. The Morgan fingerprint density at radius 1 is 1.42 bits per heavy atom. The van der Waals surface area contributed by atoms with Crippen LogP contribution in [0.1, 0.15) is 6.92 Å². The summed E-state index contributed by atoms with van der Waals surface area (Å²) < 4.78 is 9.81. The first kappa shape index (κ1) is 9.30. The molecule has 0 saturated heterocycles. The summed E-state index contributed by atoms with van der Waals surface area (Å²) in [6.45, 7) is 1.47. The van der Waals surface area contributed by atoms with E-state index in [0.29, 0.717) is 0 Å². The van der Waals surface area contributed by atoms with Crippen LogP contribution in [0.5, 0.6) is 0 Å². The summed E-state index contributed by atoms with van der Waals surface area (Å²) in [5, 5.41) is 2.65. The van der Waals surface area contributed by atoms with Gasteiger partial charge in [0.15, 0.2) is 0 Å². The van der Waals surface area contributed by atoms with Gasteiger partial charge in [0.25, 0.3) is 0 Å². The van der Waals surface area contributed by atoms with Crippen LogP contribution < -0.4 is 9.67 Å². The van der Waals surface area contributed by atoms with Crippen molar-refractivity contribution in [2.45, 2.75) is 6.92 Å². The van der Waals surface area contributed by atoms with Crippen molar-refractivity contribution < 1.29 is 8.89 Å². The topological polar surface area (TPSA) is 49.3 Å². The molecule has 1 unspecified atom stereocenters. The van der Waals surface area contributed by atoms with Gasteiger partial charge in [-0.1, -0.05) is 0 Å². The molecule has 0 fully saturated rings. The first-order valence-corrected chi connectivity index (χ1v) is 5.49. The second-order valence-corrected chi connectivity index (χ2v) is 4.05. The Labute approximate surface area is 77.8 Å². The fourth-order valence-electron chi connectivity index (χ4n) is 0.831. The molecular formula is C8H10AsNO2. The molecule has 1 aromatic rings. The monoisotopic (exact) mass is 227 g/mol. The maximum atomic E-state index is 10.6. The number of hydrogen-bond acceptors (Lipinski definition) is 2. The molecule has 1 rings (SSSR count). The van der Waals surface area contributed by atoms with E-state index in [-0.39, 0.29) is 5.91 Å². The minimum atomic E-state index is -0.955. The van der Waals surface area contributed by atoms with Crippen LogP contribution in [0.3, 0.4) is 0 Å². The molecule has 0 spiro atoms. The van der Waals surface area contributed by atoms with Gasteiger partial charge >= 0.3 is 77.4 Å². The zero-order valence-corrected chi connectivity index (χ0v) is 8.76. The SMILES string of the molecule is CC(=O)Nc1ccc([AsH]O)cc1. The van der Waals surface area contributed by atoms with Crippen molar-refractivity contribution in [1.29, 1.82) is 0 Å². The molecule has 0 aliphatic rings. The molecule has 0 aliphatic heterocycles. The van der Waals surface area contributed by atoms with Gasteiger partial charge in [-0.3, -0.25) is 0 Å². The van der Waals surface area contributed by atoms with Gasteiger partial charge in [-0.25, -0.2) is 0 Å². The number of benzene rings is 1. The summed E-state index contributed by atoms with van der Waals surface area (Å²) in [4.78, 5) is 10.6. The third-order valence-electron chi connectivity index (χ3n) is 1.33. The van der Waals surface area contributed by atoms with E-state index < -0.39 is 16.1 Å². The molecule has 3 nitrogen and oxygen atoms in total. The van der Waals surface area contributed by atoms with Gasteiger partial charge in [-0.2, -0.15) is 0 Å². The first-order chi connectivity index (χ1) is 5.72. The molecule has 64 valence electrons. The van der Waals surface area contributed by atoms with Crippen molar-refractivity contribution in [1.82, 2.24) is 0 Å². The normalized spacial score (nSPS) is 10.5. The van der Waals surface area contributed by atoms with Crippen molar-refractivity contribution in [2.24, 2.45) is 0 Å². The minimum absolute atomic E-state index is 0.0808. The summed E-state index contributed by atoms with van der Waals surface area (Å²) >= 11 is -0.955. The number of hydrogen-bond donors (Lipinski definition) is 2. The van der Waals surface area contributed by atoms with Gasteiger partial charge in [-0.05, 0) is 0 Å². The van der Waals surface area contributed by atoms with Gasteiger partial charge < -0.3 is 0 Å². The van der Waals surface area contributed by atoms with E-state index >= 15 is 0 Å². The number of amides is 1. The van der Waals surface area contributed by atoms with E-state index in [9.17, 15) is 4.79 Å². The predicted molar refractivity (Wildman–Crippen MR) is 49.7 cm³/mol. The van der Waals surface area contributed by atoms with E-state index in [1.165, 1.54) is 6.92 Å². The van der Waals surface area contributed by atoms with E-state index in [1.54, 1.807) is 12.1 Å². The summed E-state index contributed by atoms with van der Waals surface area (Å²) in [5.74, 6) is -0.0808. The molecule has 0 aromatic heterocycles. The van der Waals surface area contributed by atoms with Crippen molar-refractivity contribution in [3.05, 3.63) is 24.3 Å². The zero-order chi connectivity index (χ0) is 8.97. The average Bonchev–Trinajstić information content (AvgIpc) is 2.05. The van der Waals surface area contributed by atoms with E-state index in [2.05, 4.69) is 5.32 Å². The average molecular weight is 227 g/mol. The van der Waals surface area contributed by atoms with Crippen LogP contribution >= 0.6 is 0 Å². The Hall–Kier alpha value is -0.792. The first-order valence-electron chi connectivity index (χ1n) is 3.50. The van der Waals surface area contributed by atoms with Gasteiger partial charge in [-0.15, -0.1) is 0 Å². The summed E-state index contributed by atoms with van der Waals surface area (Å²) in [6.07, 6.45) is 0. The summed E-state index contributed by atoms with van der Waals surface area (Å²) in [5.41, 5.74) is 0.770. The molecular weight excluding hydrogens is 217 g/mol. The van der Waals surface area contributed by atoms with Gasteiger partial charge in [0.05, 0.1) is 0 Å². The number of rotatable bonds is 2. The Bertz CT molecular complexity index is 271. The molecule has 0 saturated carbocycles. The predicted octanol–water partition coefficient (Wildman–Crippen LogP) is -0.386. The molecule has 1 atom stereocenters. The van der Waals surface area contributed by atoms with Crippen LogP contribution in [0.25, 0.3) is 0 Å². The van der Waals surface area contributed by atoms with Crippen molar-refractivity contribution in [2.75, 3.05) is 5.32 Å². The van der Waals surface area contributed by atoms with Crippen LogP contribution in [0, 0.1) is 0 Å². The van der Waals surface area contributed by atoms with Crippen molar-refractivity contribution >= 4 is 32.0 Å². The van der Waals surface area contributed by atoms with Crippen molar-refractivity contribution in [3.8, 4) is 0 Å². The molecule has 1 amide bonds. The summed E-state index contributed by atoms with van der Waals surface area (Å²) in [6, 6.07) is 7.23. The molecule has 0 heterocycles. The number of carbonyl (C=O) groups excluding carboxylic acids is 1. The van der Waals surface area contributed by atoms with Gasteiger partial charge in [0.2, 0.25) is 0 Å². The van der Waals surface area contributed by atoms with Crippen molar-refractivity contribution in [3.63, 3.8) is 0 Å². The fourth-order valence-corrected chi connectivity index (χ4v) is 1.49. The van der Waals surface area contributed by atoms with E-state index in [0.717, 1.165) is 10.0 Å². The van der Waals surface area contributed by atoms with Crippen LogP contribution in [0.15, 0.2) is 24.3 Å². The van der Waals surface area contributed by atoms with Crippen LogP contribution in [-0.4, -0.2) is 26.1 Å². The Morgan fingerprint density at radius 2 is 2.00 bits per heavy atom. The Balaban J connectivity index is 2.71. The van der Waals surface area contributed by atoms with Crippen LogP contribution in [0.4, 0.5) is 5.69 Å².